The third-order valence-electron chi connectivity index (χ3n) is 4.93. The Bertz CT molecular complexity index is 969. The molecule has 1 saturated heterocycles. The van der Waals surface area contributed by atoms with Gasteiger partial charge in [0, 0.05) is 24.8 Å². The SMILES string of the molecule is CC(C)(C)OC(=O)N1CCC(c2cn(-c3ccc(OC(F)(F)F)cc3)nc2C(F)(F)F)CC1. The maximum absolute atomic E-state index is 13.7. The summed E-state index contributed by atoms with van der Waals surface area (Å²) in [6.07, 6.45) is -8.32. The third kappa shape index (κ3) is 6.55. The van der Waals surface area contributed by atoms with Crippen molar-refractivity contribution in [3.05, 3.63) is 41.7 Å². The van der Waals surface area contributed by atoms with Crippen LogP contribution in [0.1, 0.15) is 50.8 Å². The summed E-state index contributed by atoms with van der Waals surface area (Å²) in [5.41, 5.74) is -1.62. The van der Waals surface area contributed by atoms with Crippen LogP contribution >= 0.6 is 0 Å². The lowest BCUT2D eigenvalue weighted by atomic mass is 9.89. The lowest BCUT2D eigenvalue weighted by Crippen LogP contribution is -2.41. The summed E-state index contributed by atoms with van der Waals surface area (Å²) < 4.78 is 88.0. The minimum Gasteiger partial charge on any atom is -0.444 e. The number of piperidine rings is 1. The van der Waals surface area contributed by atoms with E-state index in [-0.39, 0.29) is 37.2 Å². The largest absolute Gasteiger partial charge is 0.573 e. The average Bonchev–Trinajstić information content (AvgIpc) is 3.12. The molecule has 0 unspecified atom stereocenters. The molecule has 3 rings (SSSR count). The second-order valence-electron chi connectivity index (χ2n) is 8.66. The topological polar surface area (TPSA) is 56.6 Å². The lowest BCUT2D eigenvalue weighted by Gasteiger charge is -2.33. The van der Waals surface area contributed by atoms with Crippen molar-refractivity contribution in [2.45, 2.75) is 57.7 Å². The van der Waals surface area contributed by atoms with E-state index in [1.807, 2.05) is 0 Å². The maximum Gasteiger partial charge on any atom is 0.573 e. The van der Waals surface area contributed by atoms with E-state index in [9.17, 15) is 31.1 Å². The summed E-state index contributed by atoms with van der Waals surface area (Å²) in [6, 6.07) is 4.36. The second-order valence-corrected chi connectivity index (χ2v) is 8.66. The number of benzene rings is 1. The van der Waals surface area contributed by atoms with Gasteiger partial charge in [-0.05, 0) is 63.8 Å². The molecule has 0 saturated carbocycles. The van der Waals surface area contributed by atoms with Gasteiger partial charge < -0.3 is 14.4 Å². The fourth-order valence-electron chi connectivity index (χ4n) is 3.54. The summed E-state index contributed by atoms with van der Waals surface area (Å²) in [5.74, 6) is -0.994. The monoisotopic (exact) mass is 479 g/mol. The van der Waals surface area contributed by atoms with Crippen molar-refractivity contribution in [1.29, 1.82) is 0 Å². The highest BCUT2D eigenvalue weighted by Crippen LogP contribution is 2.39. The van der Waals surface area contributed by atoms with Crippen molar-refractivity contribution in [1.82, 2.24) is 14.7 Å². The number of aromatic nitrogens is 2. The minimum absolute atomic E-state index is 0.0260. The van der Waals surface area contributed by atoms with Gasteiger partial charge in [0.2, 0.25) is 0 Å². The van der Waals surface area contributed by atoms with Crippen molar-refractivity contribution in [2.75, 3.05) is 13.1 Å². The average molecular weight is 479 g/mol. The molecule has 1 aliphatic heterocycles. The van der Waals surface area contributed by atoms with Gasteiger partial charge in [0.25, 0.3) is 0 Å². The van der Waals surface area contributed by atoms with E-state index in [1.165, 1.54) is 23.2 Å². The van der Waals surface area contributed by atoms with Crippen molar-refractivity contribution in [2.24, 2.45) is 0 Å². The number of halogens is 6. The van der Waals surface area contributed by atoms with Crippen LogP contribution in [0.25, 0.3) is 5.69 Å². The molecule has 0 radical (unpaired) electrons. The number of rotatable bonds is 3. The van der Waals surface area contributed by atoms with Gasteiger partial charge in [0.05, 0.1) is 5.69 Å². The highest BCUT2D eigenvalue weighted by molar-refractivity contribution is 5.68. The van der Waals surface area contributed by atoms with Crippen molar-refractivity contribution < 1.29 is 40.6 Å². The molecule has 2 heterocycles. The van der Waals surface area contributed by atoms with E-state index in [4.69, 9.17) is 4.74 Å². The Morgan fingerprint density at radius 2 is 1.58 bits per heavy atom. The van der Waals surface area contributed by atoms with Crippen molar-refractivity contribution >= 4 is 6.09 Å². The van der Waals surface area contributed by atoms with Crippen LogP contribution in [0.2, 0.25) is 0 Å². The Morgan fingerprint density at radius 1 is 1.00 bits per heavy atom. The molecule has 0 N–H and O–H groups in total. The molecule has 0 spiro atoms. The maximum atomic E-state index is 13.7. The number of nitrogens with zero attached hydrogens (tertiary/aromatic N) is 3. The van der Waals surface area contributed by atoms with E-state index in [0.29, 0.717) is 0 Å². The Hall–Kier alpha value is -2.92. The summed E-state index contributed by atoms with van der Waals surface area (Å²) in [4.78, 5) is 13.7. The molecule has 182 valence electrons. The first-order valence-electron chi connectivity index (χ1n) is 10.1. The number of amides is 1. The van der Waals surface area contributed by atoms with Crippen LogP contribution in [0.3, 0.4) is 0 Å². The molecule has 1 amide bonds. The standard InChI is InChI=1S/C21H23F6N3O3/c1-19(2,3)33-18(31)29-10-8-13(9-11-29)16-12-30(28-17(16)20(22,23)24)14-4-6-15(7-5-14)32-21(25,26)27/h4-7,12-13H,8-11H2,1-3H3. The van der Waals surface area contributed by atoms with Crippen molar-refractivity contribution in [3.63, 3.8) is 0 Å². The molecular formula is C21H23F6N3O3. The molecule has 0 atom stereocenters. The van der Waals surface area contributed by atoms with Crippen LogP contribution in [0, 0.1) is 0 Å². The quantitative estimate of drug-likeness (QED) is 0.514. The summed E-state index contributed by atoms with van der Waals surface area (Å²) >= 11 is 0. The van der Waals surface area contributed by atoms with Gasteiger partial charge >= 0.3 is 18.6 Å². The summed E-state index contributed by atoms with van der Waals surface area (Å²) in [6.45, 7) is 5.63. The number of likely N-dealkylation sites (tertiary alicyclic amines) is 1. The van der Waals surface area contributed by atoms with Gasteiger partial charge in [-0.25, -0.2) is 9.48 Å². The van der Waals surface area contributed by atoms with Crippen LogP contribution < -0.4 is 4.74 Å². The number of ether oxygens (including phenoxy) is 2. The molecular weight excluding hydrogens is 456 g/mol. The lowest BCUT2D eigenvalue weighted by molar-refractivity contribution is -0.274. The number of carbonyl (C=O) groups excluding carboxylic acids is 1. The zero-order chi connectivity index (χ0) is 24.6. The normalized spacial score (nSPS) is 16.1. The summed E-state index contributed by atoms with van der Waals surface area (Å²) in [5, 5.41) is 3.66. The van der Waals surface area contributed by atoms with Gasteiger partial charge in [-0.15, -0.1) is 13.2 Å². The summed E-state index contributed by atoms with van der Waals surface area (Å²) in [7, 11) is 0. The fourth-order valence-corrected chi connectivity index (χ4v) is 3.54. The molecule has 1 aromatic carbocycles. The molecule has 1 fully saturated rings. The number of hydrogen-bond acceptors (Lipinski definition) is 4. The first-order valence-corrected chi connectivity index (χ1v) is 10.1. The van der Waals surface area contributed by atoms with Crippen molar-refractivity contribution in [3.8, 4) is 11.4 Å². The van der Waals surface area contributed by atoms with Crippen LogP contribution in [0.4, 0.5) is 31.1 Å². The van der Waals surface area contributed by atoms with Gasteiger partial charge in [-0.3, -0.25) is 0 Å². The van der Waals surface area contributed by atoms with Gasteiger partial charge in [-0.2, -0.15) is 18.3 Å². The predicted octanol–water partition coefficient (Wildman–Crippen LogP) is 5.90. The molecule has 1 aromatic heterocycles. The smallest absolute Gasteiger partial charge is 0.444 e. The minimum atomic E-state index is -4.88. The highest BCUT2D eigenvalue weighted by Gasteiger charge is 2.40. The second kappa shape index (κ2) is 8.79. The molecule has 33 heavy (non-hydrogen) atoms. The number of carbonyl (C=O) groups is 1. The van der Waals surface area contributed by atoms with Gasteiger partial charge in [-0.1, -0.05) is 0 Å². The molecule has 0 aliphatic carbocycles. The first kappa shape index (κ1) is 24.7. The van der Waals surface area contributed by atoms with E-state index in [0.717, 1.165) is 16.8 Å². The highest BCUT2D eigenvalue weighted by atomic mass is 19.4. The van der Waals surface area contributed by atoms with E-state index in [2.05, 4.69) is 9.84 Å². The number of hydrogen-bond donors (Lipinski definition) is 0. The molecule has 6 nitrogen and oxygen atoms in total. The van der Waals surface area contributed by atoms with E-state index >= 15 is 0 Å². The molecule has 1 aliphatic rings. The number of alkyl halides is 6. The van der Waals surface area contributed by atoms with E-state index < -0.39 is 41.6 Å². The van der Waals surface area contributed by atoms with Crippen LogP contribution in [0.15, 0.2) is 30.5 Å². The van der Waals surface area contributed by atoms with Gasteiger partial charge in [0.1, 0.15) is 11.4 Å². The Balaban J connectivity index is 1.79. The molecule has 0 bridgehead atoms. The Labute approximate surface area is 186 Å². The van der Waals surface area contributed by atoms with Crippen LogP contribution in [0.5, 0.6) is 5.75 Å². The molecule has 12 heteroatoms. The first-order chi connectivity index (χ1) is 15.1. The fraction of sp³-hybridized carbons (Fsp3) is 0.524. The van der Waals surface area contributed by atoms with Crippen LogP contribution in [-0.4, -0.2) is 45.8 Å². The van der Waals surface area contributed by atoms with Gasteiger partial charge in [0.15, 0.2) is 5.69 Å². The third-order valence-corrected chi connectivity index (χ3v) is 4.93. The predicted molar refractivity (Wildman–Crippen MR) is 105 cm³/mol. The van der Waals surface area contributed by atoms with Crippen LogP contribution in [-0.2, 0) is 10.9 Å². The zero-order valence-electron chi connectivity index (χ0n) is 18.1. The Kier molecular flexibility index (Phi) is 6.58. The zero-order valence-corrected chi connectivity index (χ0v) is 18.1. The Morgan fingerprint density at radius 3 is 2.06 bits per heavy atom. The molecule has 2 aromatic rings. The van der Waals surface area contributed by atoms with E-state index in [1.54, 1.807) is 20.8 Å².